The lowest BCUT2D eigenvalue weighted by Gasteiger charge is -2.07. The predicted octanol–water partition coefficient (Wildman–Crippen LogP) is 1.83. The van der Waals surface area contributed by atoms with Crippen molar-refractivity contribution >= 4 is 0 Å². The van der Waals surface area contributed by atoms with E-state index >= 15 is 0 Å². The normalized spacial score (nSPS) is 10.4. The van der Waals surface area contributed by atoms with Gasteiger partial charge in [0.2, 0.25) is 0 Å². The van der Waals surface area contributed by atoms with Crippen LogP contribution in [0.1, 0.15) is 11.1 Å². The van der Waals surface area contributed by atoms with Crippen molar-refractivity contribution < 1.29 is 10.2 Å². The van der Waals surface area contributed by atoms with E-state index in [0.29, 0.717) is 6.54 Å². The lowest BCUT2D eigenvalue weighted by Crippen LogP contribution is -2.16. The highest BCUT2D eigenvalue weighted by atomic mass is 16.3. The Morgan fingerprint density at radius 2 is 2.06 bits per heavy atom. The zero-order valence-corrected chi connectivity index (χ0v) is 10.0. The molecule has 4 heteroatoms. The van der Waals surface area contributed by atoms with Crippen LogP contribution in [-0.2, 0) is 13.0 Å². The first-order valence-electron chi connectivity index (χ1n) is 5.86. The average Bonchev–Trinajstić information content (AvgIpc) is 2.38. The molecular formula is C14H16N2O2. The maximum Gasteiger partial charge on any atom is 0.123 e. The predicted molar refractivity (Wildman–Crippen MR) is 69.4 cm³/mol. The van der Waals surface area contributed by atoms with E-state index < -0.39 is 0 Å². The van der Waals surface area contributed by atoms with E-state index in [1.54, 1.807) is 18.3 Å². The molecule has 0 aliphatic heterocycles. The Hall–Kier alpha value is -2.07. The fraction of sp³-hybridized carbons (Fsp3) is 0.214. The van der Waals surface area contributed by atoms with E-state index in [4.69, 9.17) is 0 Å². The van der Waals surface area contributed by atoms with E-state index in [0.717, 1.165) is 18.5 Å². The second-order valence-electron chi connectivity index (χ2n) is 4.10. The van der Waals surface area contributed by atoms with Crippen LogP contribution in [0.5, 0.6) is 11.5 Å². The Morgan fingerprint density at radius 1 is 1.17 bits per heavy atom. The van der Waals surface area contributed by atoms with E-state index in [-0.39, 0.29) is 11.5 Å². The van der Waals surface area contributed by atoms with Crippen molar-refractivity contribution in [2.45, 2.75) is 13.0 Å². The average molecular weight is 244 g/mol. The molecule has 4 nitrogen and oxygen atoms in total. The molecule has 1 aromatic carbocycles. The molecule has 0 amide bonds. The van der Waals surface area contributed by atoms with Crippen LogP contribution in [0.15, 0.2) is 42.7 Å². The van der Waals surface area contributed by atoms with Gasteiger partial charge in [-0.3, -0.25) is 4.98 Å². The fourth-order valence-electron chi connectivity index (χ4n) is 1.70. The first-order chi connectivity index (χ1) is 8.75. The Labute approximate surface area is 106 Å². The standard InChI is InChI=1S/C14H16N2O2/c17-13-4-3-12(14(18)8-13)10-16-7-5-11-2-1-6-15-9-11/h1-4,6,8-9,16-18H,5,7,10H2. The maximum atomic E-state index is 9.60. The summed E-state index contributed by atoms with van der Waals surface area (Å²) in [5.74, 6) is 0.190. The van der Waals surface area contributed by atoms with Gasteiger partial charge in [0.05, 0.1) is 0 Å². The van der Waals surface area contributed by atoms with Crippen LogP contribution in [0.4, 0.5) is 0 Å². The Balaban J connectivity index is 1.79. The van der Waals surface area contributed by atoms with Crippen molar-refractivity contribution in [2.75, 3.05) is 6.54 Å². The van der Waals surface area contributed by atoms with Gasteiger partial charge in [-0.05, 0) is 30.7 Å². The molecule has 0 saturated carbocycles. The van der Waals surface area contributed by atoms with E-state index in [1.807, 2.05) is 18.3 Å². The number of rotatable bonds is 5. The summed E-state index contributed by atoms with van der Waals surface area (Å²) in [4.78, 5) is 4.05. The second-order valence-corrected chi connectivity index (χ2v) is 4.10. The van der Waals surface area contributed by atoms with Crippen LogP contribution in [0.2, 0.25) is 0 Å². The highest BCUT2D eigenvalue weighted by molar-refractivity contribution is 5.38. The first-order valence-corrected chi connectivity index (χ1v) is 5.86. The van der Waals surface area contributed by atoms with Gasteiger partial charge < -0.3 is 15.5 Å². The third-order valence-corrected chi connectivity index (χ3v) is 2.70. The van der Waals surface area contributed by atoms with Crippen LogP contribution < -0.4 is 5.32 Å². The number of aromatic nitrogens is 1. The molecule has 0 bridgehead atoms. The van der Waals surface area contributed by atoms with Crippen molar-refractivity contribution in [3.05, 3.63) is 53.9 Å². The summed E-state index contributed by atoms with van der Waals surface area (Å²) in [7, 11) is 0. The molecule has 18 heavy (non-hydrogen) atoms. The highest BCUT2D eigenvalue weighted by Crippen LogP contribution is 2.22. The summed E-state index contributed by atoms with van der Waals surface area (Å²) < 4.78 is 0. The first kappa shape index (κ1) is 12.4. The molecule has 1 aromatic heterocycles. The van der Waals surface area contributed by atoms with Gasteiger partial charge in [-0.1, -0.05) is 12.1 Å². The quantitative estimate of drug-likeness (QED) is 0.702. The smallest absolute Gasteiger partial charge is 0.123 e. The summed E-state index contributed by atoms with van der Waals surface area (Å²) in [5.41, 5.74) is 1.96. The molecule has 3 N–H and O–H groups in total. The van der Waals surface area contributed by atoms with Gasteiger partial charge >= 0.3 is 0 Å². The van der Waals surface area contributed by atoms with Crippen LogP contribution in [-0.4, -0.2) is 21.7 Å². The number of phenols is 2. The van der Waals surface area contributed by atoms with Crippen molar-refractivity contribution in [3.63, 3.8) is 0 Å². The highest BCUT2D eigenvalue weighted by Gasteiger charge is 2.01. The minimum absolute atomic E-state index is 0.0756. The number of phenolic OH excluding ortho intramolecular Hbond substituents is 2. The molecule has 0 atom stereocenters. The number of benzene rings is 1. The number of nitrogens with zero attached hydrogens (tertiary/aromatic N) is 1. The van der Waals surface area contributed by atoms with Gasteiger partial charge in [0.25, 0.3) is 0 Å². The number of hydrogen-bond acceptors (Lipinski definition) is 4. The molecule has 0 radical (unpaired) electrons. The number of pyridine rings is 1. The zero-order valence-electron chi connectivity index (χ0n) is 10.0. The van der Waals surface area contributed by atoms with E-state index in [9.17, 15) is 10.2 Å². The molecule has 0 unspecified atom stereocenters. The van der Waals surface area contributed by atoms with Gasteiger partial charge in [-0.2, -0.15) is 0 Å². The van der Waals surface area contributed by atoms with Gasteiger partial charge in [0, 0.05) is 30.6 Å². The van der Waals surface area contributed by atoms with Crippen molar-refractivity contribution in [1.82, 2.24) is 10.3 Å². The summed E-state index contributed by atoms with van der Waals surface area (Å²) in [5, 5.41) is 22.0. The molecule has 0 saturated heterocycles. The summed E-state index contributed by atoms with van der Waals surface area (Å²) in [6.07, 6.45) is 4.50. The molecule has 94 valence electrons. The van der Waals surface area contributed by atoms with E-state index in [1.165, 1.54) is 11.6 Å². The van der Waals surface area contributed by atoms with Crippen LogP contribution in [0.3, 0.4) is 0 Å². The topological polar surface area (TPSA) is 65.4 Å². The van der Waals surface area contributed by atoms with Crippen molar-refractivity contribution in [2.24, 2.45) is 0 Å². The summed E-state index contributed by atoms with van der Waals surface area (Å²) in [6.45, 7) is 1.39. The molecule has 0 fully saturated rings. The lowest BCUT2D eigenvalue weighted by molar-refractivity contribution is 0.444. The molecule has 2 aromatic rings. The second kappa shape index (κ2) is 6.02. The van der Waals surface area contributed by atoms with Gasteiger partial charge in [-0.15, -0.1) is 0 Å². The third-order valence-electron chi connectivity index (χ3n) is 2.70. The van der Waals surface area contributed by atoms with Gasteiger partial charge in [0.1, 0.15) is 11.5 Å². The third kappa shape index (κ3) is 3.46. The molecular weight excluding hydrogens is 228 g/mol. The Kier molecular flexibility index (Phi) is 4.15. The van der Waals surface area contributed by atoms with Crippen molar-refractivity contribution in [1.29, 1.82) is 0 Å². The number of aromatic hydroxyl groups is 2. The summed E-state index contributed by atoms with van der Waals surface area (Å²) >= 11 is 0. The monoisotopic (exact) mass is 244 g/mol. The molecule has 0 spiro atoms. The number of nitrogens with one attached hydrogen (secondary N) is 1. The Bertz CT molecular complexity index is 500. The zero-order chi connectivity index (χ0) is 12.8. The number of hydrogen-bond donors (Lipinski definition) is 3. The van der Waals surface area contributed by atoms with Crippen LogP contribution in [0, 0.1) is 0 Å². The van der Waals surface area contributed by atoms with Gasteiger partial charge in [0.15, 0.2) is 0 Å². The molecule has 1 heterocycles. The lowest BCUT2D eigenvalue weighted by atomic mass is 10.2. The van der Waals surface area contributed by atoms with Crippen molar-refractivity contribution in [3.8, 4) is 11.5 Å². The SMILES string of the molecule is Oc1ccc(CNCCc2cccnc2)c(O)c1. The Morgan fingerprint density at radius 3 is 2.78 bits per heavy atom. The van der Waals surface area contributed by atoms with Gasteiger partial charge in [-0.25, -0.2) is 0 Å². The minimum atomic E-state index is 0.0756. The largest absolute Gasteiger partial charge is 0.508 e. The fourth-order valence-corrected chi connectivity index (χ4v) is 1.70. The maximum absolute atomic E-state index is 9.60. The van der Waals surface area contributed by atoms with E-state index in [2.05, 4.69) is 10.3 Å². The minimum Gasteiger partial charge on any atom is -0.508 e. The van der Waals surface area contributed by atoms with Crippen LogP contribution >= 0.6 is 0 Å². The molecule has 0 aliphatic carbocycles. The molecule has 2 rings (SSSR count). The molecule has 0 aliphatic rings. The summed E-state index contributed by atoms with van der Waals surface area (Å²) in [6, 6.07) is 8.57. The van der Waals surface area contributed by atoms with Crippen LogP contribution in [0.25, 0.3) is 0 Å².